The second kappa shape index (κ2) is 8.37. The first-order chi connectivity index (χ1) is 15.6. The molecule has 0 radical (unpaired) electrons. The summed E-state index contributed by atoms with van der Waals surface area (Å²) in [5, 5.41) is 0. The van der Waals surface area contributed by atoms with Crippen molar-refractivity contribution in [3.8, 4) is 0 Å². The molecule has 0 amide bonds. The van der Waals surface area contributed by atoms with Crippen molar-refractivity contribution >= 4 is 35.1 Å². The molecule has 0 heterocycles. The Balaban J connectivity index is 1.76. The lowest BCUT2D eigenvalue weighted by molar-refractivity contribution is 0.0970. The Labute approximate surface area is 191 Å². The van der Waals surface area contributed by atoms with Gasteiger partial charge in [-0.15, -0.1) is 0 Å². The lowest BCUT2D eigenvalue weighted by Gasteiger charge is -2.22. The molecule has 0 fully saturated rings. The fraction of sp³-hybridized carbons (Fsp3) is 0. The van der Waals surface area contributed by atoms with Crippen molar-refractivity contribution in [2.45, 2.75) is 19.6 Å². The van der Waals surface area contributed by atoms with Gasteiger partial charge in [0.05, 0.1) is 20.9 Å². The van der Waals surface area contributed by atoms with Crippen LogP contribution in [0, 0.1) is 11.6 Å². The van der Waals surface area contributed by atoms with Crippen LogP contribution in [0.2, 0.25) is 0 Å². The van der Waals surface area contributed by atoms with Gasteiger partial charge in [0.2, 0.25) is 0 Å². The third-order valence-corrected chi connectivity index (χ3v) is 7.41. The maximum Gasteiger partial charge on any atom is 0.197 e. The number of halogens is 2. The highest BCUT2D eigenvalue weighted by molar-refractivity contribution is 8.02. The Bertz CT molecular complexity index is 1260. The van der Waals surface area contributed by atoms with Gasteiger partial charge in [0, 0.05) is 20.9 Å². The molecule has 4 aromatic carbocycles. The smallest absolute Gasteiger partial charge is 0.197 e. The molecule has 5 rings (SSSR count). The molecular weight excluding hydrogens is 446 g/mol. The minimum Gasteiger partial charge on any atom is -0.288 e. The van der Waals surface area contributed by atoms with Gasteiger partial charge in [-0.3, -0.25) is 9.59 Å². The topological polar surface area (TPSA) is 34.1 Å². The van der Waals surface area contributed by atoms with Crippen molar-refractivity contribution in [1.82, 2.24) is 0 Å². The van der Waals surface area contributed by atoms with E-state index in [1.54, 1.807) is 60.7 Å². The van der Waals surface area contributed by atoms with Gasteiger partial charge in [0.1, 0.15) is 11.6 Å². The van der Waals surface area contributed by atoms with Crippen molar-refractivity contribution in [3.63, 3.8) is 0 Å². The average Bonchev–Trinajstić information content (AvgIpc) is 2.83. The molecule has 0 bridgehead atoms. The highest BCUT2D eigenvalue weighted by Gasteiger charge is 2.38. The predicted octanol–water partition coefficient (Wildman–Crippen LogP) is 7.04. The summed E-state index contributed by atoms with van der Waals surface area (Å²) in [5.41, 5.74) is -0.825. The molecule has 0 saturated carbocycles. The molecule has 1 aliphatic rings. The first-order valence-electron chi connectivity index (χ1n) is 9.75. The van der Waals surface area contributed by atoms with E-state index in [-0.39, 0.29) is 20.9 Å². The monoisotopic (exact) mass is 460 g/mol. The van der Waals surface area contributed by atoms with Crippen LogP contribution < -0.4 is 0 Å². The summed E-state index contributed by atoms with van der Waals surface area (Å²) in [4.78, 5) is 27.6. The third-order valence-electron chi connectivity index (χ3n) is 5.09. The molecule has 156 valence electrons. The number of benzene rings is 4. The van der Waals surface area contributed by atoms with Gasteiger partial charge in [-0.25, -0.2) is 8.78 Å². The summed E-state index contributed by atoms with van der Waals surface area (Å²) in [5.74, 6) is -3.11. The summed E-state index contributed by atoms with van der Waals surface area (Å²) in [6.07, 6.45) is 0. The van der Waals surface area contributed by atoms with E-state index in [0.717, 1.165) is 23.5 Å². The van der Waals surface area contributed by atoms with E-state index in [4.69, 9.17) is 0 Å². The second-order valence-corrected chi connectivity index (χ2v) is 9.24. The van der Waals surface area contributed by atoms with Crippen molar-refractivity contribution in [3.05, 3.63) is 119 Å². The van der Waals surface area contributed by atoms with Gasteiger partial charge in [-0.05, 0) is 24.3 Å². The molecule has 0 unspecified atom stereocenters. The lowest BCUT2D eigenvalue weighted by atomic mass is 9.83. The molecule has 6 heteroatoms. The molecule has 4 aromatic rings. The Kier molecular flexibility index (Phi) is 5.41. The maximum absolute atomic E-state index is 15.9. The van der Waals surface area contributed by atoms with Crippen molar-refractivity contribution in [2.75, 3.05) is 0 Å². The van der Waals surface area contributed by atoms with Crippen LogP contribution >= 0.6 is 23.5 Å². The number of fused-ring (bicyclic) bond motifs is 2. The van der Waals surface area contributed by atoms with E-state index in [1.165, 1.54) is 12.1 Å². The SMILES string of the molecule is O=C1c2ccccc2C(=O)c2c(F)c(Sc3ccccc3)c(Sc3ccccc3)c(F)c21. The predicted molar refractivity (Wildman–Crippen MR) is 121 cm³/mol. The average molecular weight is 461 g/mol. The van der Waals surface area contributed by atoms with E-state index in [0.29, 0.717) is 9.79 Å². The van der Waals surface area contributed by atoms with Gasteiger partial charge < -0.3 is 0 Å². The third kappa shape index (κ3) is 3.45. The number of hydrogen-bond donors (Lipinski definition) is 0. The summed E-state index contributed by atoms with van der Waals surface area (Å²) in [6.45, 7) is 0. The van der Waals surface area contributed by atoms with Crippen LogP contribution in [0.4, 0.5) is 8.78 Å². The number of rotatable bonds is 4. The van der Waals surface area contributed by atoms with E-state index in [1.807, 2.05) is 12.1 Å². The van der Waals surface area contributed by atoms with Gasteiger partial charge in [-0.1, -0.05) is 84.2 Å². The van der Waals surface area contributed by atoms with E-state index in [2.05, 4.69) is 0 Å². The highest BCUT2D eigenvalue weighted by Crippen LogP contribution is 2.46. The zero-order chi connectivity index (χ0) is 22.2. The summed E-state index contributed by atoms with van der Waals surface area (Å²) in [6, 6.07) is 24.1. The molecule has 0 spiro atoms. The van der Waals surface area contributed by atoms with Crippen LogP contribution in [0.25, 0.3) is 0 Å². The molecule has 0 aliphatic heterocycles. The van der Waals surface area contributed by atoms with Crippen LogP contribution in [-0.4, -0.2) is 11.6 Å². The van der Waals surface area contributed by atoms with Crippen LogP contribution in [0.3, 0.4) is 0 Å². The van der Waals surface area contributed by atoms with E-state index in [9.17, 15) is 9.59 Å². The maximum atomic E-state index is 15.9. The molecule has 0 aromatic heterocycles. The molecule has 1 aliphatic carbocycles. The minimum atomic E-state index is -0.874. The van der Waals surface area contributed by atoms with Gasteiger partial charge in [0.25, 0.3) is 0 Å². The fourth-order valence-corrected chi connectivity index (χ4v) is 5.67. The van der Waals surface area contributed by atoms with Gasteiger partial charge in [-0.2, -0.15) is 0 Å². The molecule has 0 N–H and O–H groups in total. The molecule has 2 nitrogen and oxygen atoms in total. The number of carbonyl (C=O) groups excluding carboxylic acids is 2. The highest BCUT2D eigenvalue weighted by atomic mass is 32.2. The zero-order valence-corrected chi connectivity index (χ0v) is 18.1. The summed E-state index contributed by atoms with van der Waals surface area (Å²) in [7, 11) is 0. The standard InChI is InChI=1S/C26H14F2O2S2/c27-21-19-20(24(30)18-14-8-7-13-17(18)23(19)29)22(28)26(32-16-11-5-2-6-12-16)25(21)31-15-9-3-1-4-10-15/h1-14H. The van der Waals surface area contributed by atoms with Crippen LogP contribution in [-0.2, 0) is 0 Å². The summed E-state index contributed by atoms with van der Waals surface area (Å²) >= 11 is 2.06. The van der Waals surface area contributed by atoms with Crippen molar-refractivity contribution in [1.29, 1.82) is 0 Å². The number of ketones is 2. The normalized spacial score (nSPS) is 12.4. The quantitative estimate of drug-likeness (QED) is 0.288. The minimum absolute atomic E-state index is 0.0122. The van der Waals surface area contributed by atoms with Crippen molar-refractivity contribution in [2.24, 2.45) is 0 Å². The van der Waals surface area contributed by atoms with E-state index >= 15 is 8.78 Å². The zero-order valence-electron chi connectivity index (χ0n) is 16.5. The van der Waals surface area contributed by atoms with Crippen molar-refractivity contribution < 1.29 is 18.4 Å². The first-order valence-corrected chi connectivity index (χ1v) is 11.4. The Morgan fingerprint density at radius 1 is 0.500 bits per heavy atom. The van der Waals surface area contributed by atoms with Crippen LogP contribution in [0.5, 0.6) is 0 Å². The Hall–Kier alpha value is -3.22. The fourth-order valence-electron chi connectivity index (χ4n) is 3.62. The van der Waals surface area contributed by atoms with Crippen LogP contribution in [0.15, 0.2) is 105 Å². The Morgan fingerprint density at radius 2 is 0.844 bits per heavy atom. The van der Waals surface area contributed by atoms with Gasteiger partial charge in [0.15, 0.2) is 11.6 Å². The van der Waals surface area contributed by atoms with Crippen LogP contribution in [0.1, 0.15) is 31.8 Å². The number of carbonyl (C=O) groups is 2. The molecule has 32 heavy (non-hydrogen) atoms. The largest absolute Gasteiger partial charge is 0.288 e. The second-order valence-electron chi connectivity index (χ2n) is 7.07. The number of hydrogen-bond acceptors (Lipinski definition) is 4. The summed E-state index contributed by atoms with van der Waals surface area (Å²) < 4.78 is 31.9. The molecular formula is C26H14F2O2S2. The van der Waals surface area contributed by atoms with Gasteiger partial charge >= 0.3 is 0 Å². The molecule has 0 atom stereocenters. The first kappa shape index (κ1) is 20.7. The van der Waals surface area contributed by atoms with E-state index < -0.39 is 34.3 Å². The Morgan fingerprint density at radius 3 is 1.22 bits per heavy atom. The lowest BCUT2D eigenvalue weighted by Crippen LogP contribution is -2.25. The molecule has 0 saturated heterocycles.